The lowest BCUT2D eigenvalue weighted by Gasteiger charge is -2.40. The van der Waals surface area contributed by atoms with E-state index < -0.39 is 35.4 Å². The highest BCUT2D eigenvalue weighted by atomic mass is 32.2. The van der Waals surface area contributed by atoms with E-state index >= 15 is 0 Å². The molecule has 3 rings (SSSR count). The second kappa shape index (κ2) is 9.88. The third-order valence-electron chi connectivity index (χ3n) is 4.96. The van der Waals surface area contributed by atoms with Crippen LogP contribution in [0.1, 0.15) is 34.6 Å². The molecule has 0 bridgehead atoms. The van der Waals surface area contributed by atoms with Gasteiger partial charge in [-0.15, -0.1) is 0 Å². The highest BCUT2D eigenvalue weighted by Gasteiger charge is 2.50. The third kappa shape index (κ3) is 4.52. The molecule has 0 spiro atoms. The highest BCUT2D eigenvalue weighted by Crippen LogP contribution is 2.46. The second-order valence-electron chi connectivity index (χ2n) is 8.25. The van der Waals surface area contributed by atoms with Crippen LogP contribution < -0.4 is 4.90 Å². The molecule has 0 aromatic heterocycles. The SMILES string of the molecule is CCOC(=O)C1=C(N(C(=O)C(=O)OC)C(C)(C)C)N=C2Sc3ccccc3N2C1C(=O)OCC. The molecule has 1 aromatic rings. The molecule has 1 aromatic carbocycles. The third-order valence-corrected chi connectivity index (χ3v) is 5.99. The summed E-state index contributed by atoms with van der Waals surface area (Å²) in [7, 11) is 1.08. The van der Waals surface area contributed by atoms with Gasteiger partial charge in [-0.05, 0) is 58.5 Å². The van der Waals surface area contributed by atoms with E-state index in [0.717, 1.165) is 16.9 Å². The maximum atomic E-state index is 13.3. The standard InChI is InChI=1S/C23H27N3O7S/c1-7-32-19(28)15-16(20(29)33-8-2)25-13-11-9-10-12-14(13)34-22(25)24-17(15)26(23(3,4)5)18(27)21(30)31-6/h9-12,16H,7-8H2,1-6H3. The van der Waals surface area contributed by atoms with Crippen LogP contribution in [0, 0.1) is 0 Å². The van der Waals surface area contributed by atoms with Gasteiger partial charge in [0, 0.05) is 10.4 Å². The molecule has 1 atom stereocenters. The number of methoxy groups -OCH3 is 1. The Morgan fingerprint density at radius 3 is 2.32 bits per heavy atom. The van der Waals surface area contributed by atoms with Crippen molar-refractivity contribution in [2.75, 3.05) is 25.2 Å². The van der Waals surface area contributed by atoms with Crippen LogP contribution in [0.3, 0.4) is 0 Å². The average molecular weight is 490 g/mol. The van der Waals surface area contributed by atoms with Gasteiger partial charge in [0.25, 0.3) is 0 Å². The van der Waals surface area contributed by atoms with Gasteiger partial charge >= 0.3 is 23.8 Å². The van der Waals surface area contributed by atoms with Crippen LogP contribution in [-0.2, 0) is 33.4 Å². The summed E-state index contributed by atoms with van der Waals surface area (Å²) in [6, 6.07) is 6.01. The fraction of sp³-hybridized carbons (Fsp3) is 0.435. The summed E-state index contributed by atoms with van der Waals surface area (Å²) >= 11 is 1.27. The van der Waals surface area contributed by atoms with Crippen molar-refractivity contribution in [1.82, 2.24) is 4.90 Å². The minimum Gasteiger partial charge on any atom is -0.464 e. The topological polar surface area (TPSA) is 115 Å². The fourth-order valence-corrected chi connectivity index (χ4v) is 4.69. The van der Waals surface area contributed by atoms with Crippen molar-refractivity contribution in [1.29, 1.82) is 0 Å². The minimum absolute atomic E-state index is 0.0214. The van der Waals surface area contributed by atoms with Gasteiger partial charge in [0.15, 0.2) is 17.0 Å². The van der Waals surface area contributed by atoms with Gasteiger partial charge in [0.2, 0.25) is 0 Å². The number of rotatable bonds is 5. The molecule has 0 saturated carbocycles. The Morgan fingerprint density at radius 1 is 1.09 bits per heavy atom. The predicted octanol–water partition coefficient (Wildman–Crippen LogP) is 2.47. The summed E-state index contributed by atoms with van der Waals surface area (Å²) < 4.78 is 15.2. The molecule has 11 heteroatoms. The first-order valence-corrected chi connectivity index (χ1v) is 11.5. The fourth-order valence-electron chi connectivity index (χ4n) is 3.65. The molecule has 0 aliphatic carbocycles. The van der Waals surface area contributed by atoms with Gasteiger partial charge < -0.3 is 19.1 Å². The van der Waals surface area contributed by atoms with Gasteiger partial charge in [0.05, 0.1) is 26.0 Å². The number of benzene rings is 1. The van der Waals surface area contributed by atoms with E-state index in [9.17, 15) is 19.2 Å². The number of hydrogen-bond acceptors (Lipinski definition) is 10. The maximum Gasteiger partial charge on any atom is 0.397 e. The number of carbonyl (C=O) groups excluding carboxylic acids is 4. The molecule has 1 amide bonds. The van der Waals surface area contributed by atoms with E-state index in [4.69, 9.17) is 9.47 Å². The molecule has 0 radical (unpaired) electrons. The average Bonchev–Trinajstić information content (AvgIpc) is 3.15. The molecular formula is C23H27N3O7S. The molecule has 34 heavy (non-hydrogen) atoms. The summed E-state index contributed by atoms with van der Waals surface area (Å²) in [5, 5.41) is 0.356. The van der Waals surface area contributed by atoms with Crippen LogP contribution in [-0.4, -0.2) is 65.8 Å². The summed E-state index contributed by atoms with van der Waals surface area (Å²) in [6.45, 7) is 8.38. The molecule has 0 saturated heterocycles. The van der Waals surface area contributed by atoms with Crippen molar-refractivity contribution in [3.8, 4) is 0 Å². The van der Waals surface area contributed by atoms with E-state index in [2.05, 4.69) is 9.73 Å². The van der Waals surface area contributed by atoms with Gasteiger partial charge in [-0.2, -0.15) is 0 Å². The van der Waals surface area contributed by atoms with E-state index in [1.807, 2.05) is 12.1 Å². The van der Waals surface area contributed by atoms with Crippen molar-refractivity contribution < 1.29 is 33.4 Å². The molecular weight excluding hydrogens is 462 g/mol. The number of nitrogens with zero attached hydrogens (tertiary/aromatic N) is 3. The summed E-state index contributed by atoms with van der Waals surface area (Å²) in [4.78, 5) is 60.0. The molecule has 10 nitrogen and oxygen atoms in total. The lowest BCUT2D eigenvalue weighted by Crippen LogP contribution is -2.54. The van der Waals surface area contributed by atoms with Crippen molar-refractivity contribution in [3.63, 3.8) is 0 Å². The first-order valence-electron chi connectivity index (χ1n) is 10.7. The van der Waals surface area contributed by atoms with Crippen LogP contribution >= 0.6 is 11.8 Å². The van der Waals surface area contributed by atoms with Crippen molar-refractivity contribution in [2.24, 2.45) is 4.99 Å². The molecule has 1 unspecified atom stereocenters. The number of hydrogen-bond donors (Lipinski definition) is 0. The van der Waals surface area contributed by atoms with E-state index in [0.29, 0.717) is 10.9 Å². The van der Waals surface area contributed by atoms with Crippen LogP contribution in [0.4, 0.5) is 5.69 Å². The maximum absolute atomic E-state index is 13.3. The number of anilines is 1. The number of carbonyl (C=O) groups is 4. The van der Waals surface area contributed by atoms with Crippen molar-refractivity contribution >= 4 is 46.4 Å². The number of thioether (sulfide) groups is 1. The smallest absolute Gasteiger partial charge is 0.397 e. The lowest BCUT2D eigenvalue weighted by atomic mass is 9.99. The molecule has 2 heterocycles. The summed E-state index contributed by atoms with van der Waals surface area (Å²) in [6.07, 6.45) is 0. The number of para-hydroxylation sites is 1. The van der Waals surface area contributed by atoms with E-state index in [1.165, 1.54) is 11.8 Å². The lowest BCUT2D eigenvalue weighted by molar-refractivity contribution is -0.159. The molecule has 182 valence electrons. The zero-order chi connectivity index (χ0) is 25.2. The quantitative estimate of drug-likeness (QED) is 0.349. The van der Waals surface area contributed by atoms with Gasteiger partial charge in [-0.1, -0.05) is 12.1 Å². The normalized spacial score (nSPS) is 16.8. The van der Waals surface area contributed by atoms with Crippen LogP contribution in [0.15, 0.2) is 45.5 Å². The number of esters is 3. The van der Waals surface area contributed by atoms with E-state index in [1.54, 1.807) is 51.7 Å². The summed E-state index contributed by atoms with van der Waals surface area (Å²) in [5.41, 5.74) is -0.555. The van der Waals surface area contributed by atoms with Gasteiger partial charge in [0.1, 0.15) is 5.57 Å². The Kier molecular flexibility index (Phi) is 7.35. The zero-order valence-electron chi connectivity index (χ0n) is 19.9. The molecule has 0 fully saturated rings. The predicted molar refractivity (Wildman–Crippen MR) is 125 cm³/mol. The Balaban J connectivity index is 2.34. The number of fused-ring (bicyclic) bond motifs is 3. The zero-order valence-corrected chi connectivity index (χ0v) is 20.7. The molecule has 2 aliphatic heterocycles. The van der Waals surface area contributed by atoms with E-state index in [-0.39, 0.29) is 24.6 Å². The first-order chi connectivity index (χ1) is 16.1. The number of amidine groups is 1. The largest absolute Gasteiger partial charge is 0.464 e. The Morgan fingerprint density at radius 2 is 1.74 bits per heavy atom. The van der Waals surface area contributed by atoms with Gasteiger partial charge in [-0.3, -0.25) is 9.69 Å². The number of amides is 1. The number of aliphatic imine (C=N–C) groups is 1. The van der Waals surface area contributed by atoms with Crippen LogP contribution in [0.25, 0.3) is 0 Å². The molecule has 2 aliphatic rings. The Bertz CT molecular complexity index is 1090. The minimum atomic E-state index is -1.28. The summed E-state index contributed by atoms with van der Waals surface area (Å²) in [5.74, 6) is -3.89. The molecule has 0 N–H and O–H groups in total. The van der Waals surface area contributed by atoms with Crippen LogP contribution in [0.2, 0.25) is 0 Å². The monoisotopic (exact) mass is 489 g/mol. The number of ether oxygens (including phenoxy) is 3. The first kappa shape index (κ1) is 25.3. The Labute approximate surface area is 201 Å². The second-order valence-corrected chi connectivity index (χ2v) is 9.26. The van der Waals surface area contributed by atoms with Crippen LogP contribution in [0.5, 0.6) is 0 Å². The highest BCUT2D eigenvalue weighted by molar-refractivity contribution is 8.14. The van der Waals surface area contributed by atoms with Gasteiger partial charge in [-0.25, -0.2) is 19.4 Å². The Hall–Kier alpha value is -3.34. The van der Waals surface area contributed by atoms with Crippen molar-refractivity contribution in [2.45, 2.75) is 51.1 Å². The van der Waals surface area contributed by atoms with Crippen molar-refractivity contribution in [3.05, 3.63) is 35.7 Å².